The summed E-state index contributed by atoms with van der Waals surface area (Å²) < 4.78 is 33.1. The molecule has 0 bridgehead atoms. The van der Waals surface area contributed by atoms with Gasteiger partial charge in [0.25, 0.3) is 15.9 Å². The molecular formula is C24H24N2O4S. The Balaban J connectivity index is 1.60. The third kappa shape index (κ3) is 4.01. The van der Waals surface area contributed by atoms with Gasteiger partial charge in [-0.25, -0.2) is 8.42 Å². The molecule has 6 nitrogen and oxygen atoms in total. The van der Waals surface area contributed by atoms with Gasteiger partial charge in [-0.1, -0.05) is 17.7 Å². The first-order chi connectivity index (χ1) is 14.8. The van der Waals surface area contributed by atoms with Gasteiger partial charge in [-0.15, -0.1) is 0 Å². The monoisotopic (exact) mass is 436 g/mol. The van der Waals surface area contributed by atoms with Crippen LogP contribution in [-0.4, -0.2) is 27.5 Å². The van der Waals surface area contributed by atoms with Crippen molar-refractivity contribution in [3.05, 3.63) is 83.4 Å². The highest BCUT2D eigenvalue weighted by Gasteiger charge is 2.36. The fourth-order valence-electron chi connectivity index (χ4n) is 3.81. The van der Waals surface area contributed by atoms with E-state index in [0.29, 0.717) is 29.1 Å². The number of anilines is 2. The minimum Gasteiger partial charge on any atom is -0.497 e. The number of aryl methyl sites for hydroxylation is 1. The molecule has 1 N–H and O–H groups in total. The van der Waals surface area contributed by atoms with Gasteiger partial charge < -0.3 is 10.1 Å². The van der Waals surface area contributed by atoms with Gasteiger partial charge in [0.05, 0.1) is 17.7 Å². The van der Waals surface area contributed by atoms with Crippen molar-refractivity contribution in [1.82, 2.24) is 0 Å². The molecule has 160 valence electrons. The number of methoxy groups -OCH3 is 1. The van der Waals surface area contributed by atoms with E-state index >= 15 is 0 Å². The zero-order valence-electron chi connectivity index (χ0n) is 17.6. The maximum Gasteiger partial charge on any atom is 0.264 e. The van der Waals surface area contributed by atoms with E-state index in [2.05, 4.69) is 5.32 Å². The Hall–Kier alpha value is -3.32. The predicted octanol–water partition coefficient (Wildman–Crippen LogP) is 4.40. The summed E-state index contributed by atoms with van der Waals surface area (Å²) in [5.74, 6) is 0.458. The van der Waals surface area contributed by atoms with Gasteiger partial charge in [0, 0.05) is 17.3 Å². The van der Waals surface area contributed by atoms with Crippen molar-refractivity contribution in [2.45, 2.75) is 31.2 Å². The number of hydrogen-bond acceptors (Lipinski definition) is 4. The van der Waals surface area contributed by atoms with E-state index in [9.17, 15) is 13.2 Å². The number of hydrogen-bond donors (Lipinski definition) is 1. The van der Waals surface area contributed by atoms with E-state index in [0.717, 1.165) is 11.1 Å². The Morgan fingerprint density at radius 2 is 1.71 bits per heavy atom. The number of carbonyl (C=O) groups excluding carboxylic acids is 1. The zero-order chi connectivity index (χ0) is 22.2. The summed E-state index contributed by atoms with van der Waals surface area (Å²) in [6.45, 7) is 3.80. The maximum atomic E-state index is 13.3. The number of rotatable bonds is 5. The second-order valence-electron chi connectivity index (χ2n) is 7.69. The van der Waals surface area contributed by atoms with Crippen molar-refractivity contribution in [2.75, 3.05) is 16.7 Å². The van der Waals surface area contributed by atoms with Crippen LogP contribution >= 0.6 is 0 Å². The molecule has 0 saturated heterocycles. The van der Waals surface area contributed by atoms with Crippen molar-refractivity contribution in [1.29, 1.82) is 0 Å². The van der Waals surface area contributed by atoms with Gasteiger partial charge >= 0.3 is 0 Å². The molecule has 0 aliphatic carbocycles. The van der Waals surface area contributed by atoms with Gasteiger partial charge in [-0.05, 0) is 80.4 Å². The van der Waals surface area contributed by atoms with Gasteiger partial charge in [-0.2, -0.15) is 0 Å². The third-order valence-corrected chi connectivity index (χ3v) is 7.36. The molecule has 0 unspecified atom stereocenters. The molecule has 0 fully saturated rings. The average Bonchev–Trinajstić information content (AvgIpc) is 3.10. The van der Waals surface area contributed by atoms with Crippen LogP contribution in [-0.2, 0) is 16.4 Å². The summed E-state index contributed by atoms with van der Waals surface area (Å²) in [5.41, 5.74) is 3.60. The second-order valence-corrected chi connectivity index (χ2v) is 9.51. The highest BCUT2D eigenvalue weighted by atomic mass is 32.2. The van der Waals surface area contributed by atoms with Crippen LogP contribution in [0.3, 0.4) is 0 Å². The normalized spacial score (nSPS) is 15.5. The largest absolute Gasteiger partial charge is 0.497 e. The topological polar surface area (TPSA) is 75.7 Å². The van der Waals surface area contributed by atoms with E-state index in [-0.39, 0.29) is 16.8 Å². The first kappa shape index (κ1) is 20.9. The number of amides is 1. The lowest BCUT2D eigenvalue weighted by molar-refractivity contribution is 0.102. The van der Waals surface area contributed by atoms with E-state index in [1.807, 2.05) is 13.8 Å². The fourth-order valence-corrected chi connectivity index (χ4v) is 5.50. The average molecular weight is 437 g/mol. The Labute approximate surface area is 182 Å². The molecular weight excluding hydrogens is 412 g/mol. The summed E-state index contributed by atoms with van der Waals surface area (Å²) in [6, 6.07) is 18.8. The quantitative estimate of drug-likeness (QED) is 0.643. The minimum atomic E-state index is -3.69. The van der Waals surface area contributed by atoms with Gasteiger partial charge in [0.15, 0.2) is 0 Å². The molecule has 0 spiro atoms. The van der Waals surface area contributed by atoms with Gasteiger partial charge in [0.1, 0.15) is 5.75 Å². The number of carbonyl (C=O) groups is 1. The lowest BCUT2D eigenvalue weighted by atomic mass is 10.1. The highest BCUT2D eigenvalue weighted by molar-refractivity contribution is 7.92. The predicted molar refractivity (Wildman–Crippen MR) is 121 cm³/mol. The molecule has 1 aliphatic rings. The molecule has 1 aliphatic heterocycles. The second kappa shape index (κ2) is 8.07. The minimum absolute atomic E-state index is 0.235. The van der Waals surface area contributed by atoms with Crippen LogP contribution in [0, 0.1) is 6.92 Å². The zero-order valence-corrected chi connectivity index (χ0v) is 18.4. The van der Waals surface area contributed by atoms with E-state index < -0.39 is 10.0 Å². The standard InChI is InChI=1S/C24H24N2O4S/c1-16-4-11-22(12-5-16)31(28,29)26-17(2)14-19-15-18(6-13-23(19)26)24(27)25-20-7-9-21(30-3)10-8-20/h4-13,15,17H,14H2,1-3H3,(H,25,27)/t17-/m1/s1. The molecule has 3 aromatic carbocycles. The number of nitrogens with one attached hydrogen (secondary N) is 1. The summed E-state index contributed by atoms with van der Waals surface area (Å²) in [5, 5.41) is 2.86. The van der Waals surface area contributed by atoms with Crippen molar-refractivity contribution >= 4 is 27.3 Å². The Morgan fingerprint density at radius 1 is 1.03 bits per heavy atom. The van der Waals surface area contributed by atoms with Crippen LogP contribution < -0.4 is 14.4 Å². The Morgan fingerprint density at radius 3 is 2.35 bits per heavy atom. The molecule has 31 heavy (non-hydrogen) atoms. The van der Waals surface area contributed by atoms with E-state index in [1.165, 1.54) is 4.31 Å². The Kier molecular flexibility index (Phi) is 5.45. The molecule has 1 heterocycles. The van der Waals surface area contributed by atoms with E-state index in [4.69, 9.17) is 4.74 Å². The van der Waals surface area contributed by atoms with Crippen LogP contribution in [0.4, 0.5) is 11.4 Å². The molecule has 0 saturated carbocycles. The van der Waals surface area contributed by atoms with Crippen molar-refractivity contribution in [2.24, 2.45) is 0 Å². The molecule has 1 amide bonds. The SMILES string of the molecule is COc1ccc(NC(=O)c2ccc3c(c2)C[C@@H](C)N3S(=O)(=O)c2ccc(C)cc2)cc1. The van der Waals surface area contributed by atoms with Crippen molar-refractivity contribution < 1.29 is 17.9 Å². The smallest absolute Gasteiger partial charge is 0.264 e. The molecule has 0 radical (unpaired) electrons. The lowest BCUT2D eigenvalue weighted by Gasteiger charge is -2.24. The van der Waals surface area contributed by atoms with Crippen LogP contribution in [0.15, 0.2) is 71.6 Å². The van der Waals surface area contributed by atoms with Gasteiger partial charge in [-0.3, -0.25) is 9.10 Å². The number of nitrogens with zero attached hydrogens (tertiary/aromatic N) is 1. The summed E-state index contributed by atoms with van der Waals surface area (Å²) in [6.07, 6.45) is 0.546. The highest BCUT2D eigenvalue weighted by Crippen LogP contribution is 2.37. The Bertz CT molecular complexity index is 1220. The molecule has 3 aromatic rings. The first-order valence-corrected chi connectivity index (χ1v) is 11.4. The van der Waals surface area contributed by atoms with Crippen LogP contribution in [0.2, 0.25) is 0 Å². The van der Waals surface area contributed by atoms with Crippen molar-refractivity contribution in [3.8, 4) is 5.75 Å². The number of benzene rings is 3. The van der Waals surface area contributed by atoms with Gasteiger partial charge in [0.2, 0.25) is 0 Å². The van der Waals surface area contributed by atoms with Crippen molar-refractivity contribution in [3.63, 3.8) is 0 Å². The molecule has 4 rings (SSSR count). The number of ether oxygens (including phenoxy) is 1. The summed E-state index contributed by atoms with van der Waals surface area (Å²) in [7, 11) is -2.10. The molecule has 7 heteroatoms. The number of sulfonamides is 1. The third-order valence-electron chi connectivity index (χ3n) is 5.42. The number of fused-ring (bicyclic) bond motifs is 1. The van der Waals surface area contributed by atoms with Crippen LogP contribution in [0.25, 0.3) is 0 Å². The summed E-state index contributed by atoms with van der Waals surface area (Å²) in [4.78, 5) is 13.0. The van der Waals surface area contributed by atoms with Crippen LogP contribution in [0.5, 0.6) is 5.75 Å². The maximum absolute atomic E-state index is 13.3. The lowest BCUT2D eigenvalue weighted by Crippen LogP contribution is -2.35. The van der Waals surface area contributed by atoms with Crippen LogP contribution in [0.1, 0.15) is 28.4 Å². The first-order valence-electron chi connectivity index (χ1n) is 9.99. The summed E-state index contributed by atoms with van der Waals surface area (Å²) >= 11 is 0. The molecule has 0 aromatic heterocycles. The van der Waals surface area contributed by atoms with E-state index in [1.54, 1.807) is 73.8 Å². The fraction of sp³-hybridized carbons (Fsp3) is 0.208. The molecule has 1 atom stereocenters.